The van der Waals surface area contributed by atoms with Crippen molar-refractivity contribution in [2.45, 2.75) is 56.9 Å². The van der Waals surface area contributed by atoms with Gasteiger partial charge in [-0.3, -0.25) is 9.69 Å². The van der Waals surface area contributed by atoms with Crippen molar-refractivity contribution >= 4 is 5.91 Å². The Morgan fingerprint density at radius 2 is 2.05 bits per heavy atom. The molecule has 0 N–H and O–H groups in total. The molecule has 5 nitrogen and oxygen atoms in total. The lowest BCUT2D eigenvalue weighted by Crippen LogP contribution is -2.48. The number of furan rings is 1. The van der Waals surface area contributed by atoms with Crippen molar-refractivity contribution in [3.8, 4) is 0 Å². The van der Waals surface area contributed by atoms with Crippen molar-refractivity contribution in [1.82, 2.24) is 9.80 Å². The molecule has 3 saturated heterocycles. The molecule has 0 aromatic carbocycles. The fourth-order valence-electron chi connectivity index (χ4n) is 4.15. The van der Waals surface area contributed by atoms with Gasteiger partial charge in [0.05, 0.1) is 18.6 Å². The van der Waals surface area contributed by atoms with Crippen molar-refractivity contribution in [3.05, 3.63) is 24.2 Å². The van der Waals surface area contributed by atoms with E-state index in [-0.39, 0.29) is 18.1 Å². The third-order valence-corrected chi connectivity index (χ3v) is 5.32. The Balaban J connectivity index is 1.36. The van der Waals surface area contributed by atoms with Crippen molar-refractivity contribution in [2.75, 3.05) is 19.6 Å². The molecule has 3 atom stereocenters. The number of fused-ring (bicyclic) bond motifs is 1. The van der Waals surface area contributed by atoms with E-state index in [0.717, 1.165) is 58.3 Å². The highest BCUT2D eigenvalue weighted by atomic mass is 16.5. The molecule has 0 radical (unpaired) electrons. The SMILES string of the molecule is O=C([C@H]1CC[C@@H]2[C@@H](CCN2Cc2ccoc2)O1)N1CCCC1. The van der Waals surface area contributed by atoms with Gasteiger partial charge in [-0.25, -0.2) is 0 Å². The van der Waals surface area contributed by atoms with E-state index in [1.807, 2.05) is 17.2 Å². The first kappa shape index (κ1) is 14.3. The normalized spacial score (nSPS) is 32.4. The number of likely N-dealkylation sites (tertiary alicyclic amines) is 2. The van der Waals surface area contributed by atoms with Gasteiger partial charge in [0.25, 0.3) is 5.91 Å². The van der Waals surface area contributed by atoms with Crippen LogP contribution in [0.2, 0.25) is 0 Å². The van der Waals surface area contributed by atoms with E-state index in [4.69, 9.17) is 9.15 Å². The van der Waals surface area contributed by atoms with Crippen LogP contribution < -0.4 is 0 Å². The fourth-order valence-corrected chi connectivity index (χ4v) is 4.15. The summed E-state index contributed by atoms with van der Waals surface area (Å²) in [6, 6.07) is 2.48. The fraction of sp³-hybridized carbons (Fsp3) is 0.706. The van der Waals surface area contributed by atoms with E-state index >= 15 is 0 Å². The largest absolute Gasteiger partial charge is 0.472 e. The van der Waals surface area contributed by atoms with Gasteiger partial charge >= 0.3 is 0 Å². The molecule has 3 fully saturated rings. The molecule has 5 heteroatoms. The zero-order valence-electron chi connectivity index (χ0n) is 12.9. The Bertz CT molecular complexity index is 510. The predicted octanol–water partition coefficient (Wildman–Crippen LogP) is 2.02. The maximum atomic E-state index is 12.5. The first-order valence-electron chi connectivity index (χ1n) is 8.50. The molecule has 1 amide bonds. The molecule has 0 saturated carbocycles. The van der Waals surface area contributed by atoms with E-state index < -0.39 is 0 Å². The summed E-state index contributed by atoms with van der Waals surface area (Å²) in [5.74, 6) is 0.226. The Hall–Kier alpha value is -1.33. The summed E-state index contributed by atoms with van der Waals surface area (Å²) < 4.78 is 11.3. The molecule has 0 spiro atoms. The first-order chi connectivity index (χ1) is 10.8. The molecule has 0 aliphatic carbocycles. The zero-order chi connectivity index (χ0) is 14.9. The second-order valence-corrected chi connectivity index (χ2v) is 6.73. The Morgan fingerprint density at radius 1 is 1.18 bits per heavy atom. The quantitative estimate of drug-likeness (QED) is 0.857. The van der Waals surface area contributed by atoms with Gasteiger partial charge in [0.1, 0.15) is 6.10 Å². The third-order valence-electron chi connectivity index (χ3n) is 5.32. The van der Waals surface area contributed by atoms with Crippen LogP contribution >= 0.6 is 0 Å². The third kappa shape index (κ3) is 2.68. The number of rotatable bonds is 3. The predicted molar refractivity (Wildman–Crippen MR) is 81.2 cm³/mol. The monoisotopic (exact) mass is 304 g/mol. The first-order valence-corrected chi connectivity index (χ1v) is 8.50. The number of ether oxygens (including phenoxy) is 1. The Morgan fingerprint density at radius 3 is 2.82 bits per heavy atom. The summed E-state index contributed by atoms with van der Waals surface area (Å²) >= 11 is 0. The highest BCUT2D eigenvalue weighted by Crippen LogP contribution is 2.33. The molecule has 120 valence electrons. The Labute approximate surface area is 131 Å². The minimum absolute atomic E-state index is 0.201. The summed E-state index contributed by atoms with van der Waals surface area (Å²) in [7, 11) is 0. The van der Waals surface area contributed by atoms with E-state index in [2.05, 4.69) is 4.90 Å². The van der Waals surface area contributed by atoms with Gasteiger partial charge in [-0.15, -0.1) is 0 Å². The smallest absolute Gasteiger partial charge is 0.251 e. The van der Waals surface area contributed by atoms with Gasteiger partial charge in [0, 0.05) is 37.8 Å². The van der Waals surface area contributed by atoms with Gasteiger partial charge in [-0.2, -0.15) is 0 Å². The molecule has 22 heavy (non-hydrogen) atoms. The lowest BCUT2D eigenvalue weighted by atomic mass is 9.98. The molecule has 0 unspecified atom stereocenters. The number of carbonyl (C=O) groups is 1. The van der Waals surface area contributed by atoms with E-state index in [1.54, 1.807) is 6.26 Å². The van der Waals surface area contributed by atoms with Crippen molar-refractivity contribution in [3.63, 3.8) is 0 Å². The minimum Gasteiger partial charge on any atom is -0.472 e. The second kappa shape index (κ2) is 6.05. The number of carbonyl (C=O) groups excluding carboxylic acids is 1. The average molecular weight is 304 g/mol. The highest BCUT2D eigenvalue weighted by Gasteiger charge is 2.42. The van der Waals surface area contributed by atoms with Gasteiger partial charge < -0.3 is 14.1 Å². The lowest BCUT2D eigenvalue weighted by molar-refractivity contribution is -0.153. The van der Waals surface area contributed by atoms with E-state index in [9.17, 15) is 4.79 Å². The Kier molecular flexibility index (Phi) is 3.92. The maximum Gasteiger partial charge on any atom is 0.251 e. The summed E-state index contributed by atoms with van der Waals surface area (Å²) in [4.78, 5) is 17.0. The summed E-state index contributed by atoms with van der Waals surface area (Å²) in [6.45, 7) is 3.80. The molecule has 3 aliphatic rings. The van der Waals surface area contributed by atoms with Crippen molar-refractivity contribution in [1.29, 1.82) is 0 Å². The van der Waals surface area contributed by atoms with Crippen LogP contribution in [0, 0.1) is 0 Å². The maximum absolute atomic E-state index is 12.5. The number of amides is 1. The summed E-state index contributed by atoms with van der Waals surface area (Å²) in [6.07, 6.45) is 8.80. The summed E-state index contributed by atoms with van der Waals surface area (Å²) in [5.41, 5.74) is 1.22. The molecular weight excluding hydrogens is 280 g/mol. The molecular formula is C17H24N2O3. The van der Waals surface area contributed by atoms with Gasteiger partial charge in [0.2, 0.25) is 0 Å². The van der Waals surface area contributed by atoms with Crippen LogP contribution in [0.3, 0.4) is 0 Å². The number of hydrogen-bond acceptors (Lipinski definition) is 4. The van der Waals surface area contributed by atoms with Gasteiger partial charge in [-0.05, 0) is 38.2 Å². The molecule has 1 aromatic rings. The average Bonchev–Trinajstić information content (AvgIpc) is 3.29. The molecule has 4 rings (SSSR count). The van der Waals surface area contributed by atoms with Crippen molar-refractivity contribution in [2.24, 2.45) is 0 Å². The van der Waals surface area contributed by atoms with Crippen LogP contribution in [0.25, 0.3) is 0 Å². The molecule has 0 bridgehead atoms. The van der Waals surface area contributed by atoms with Gasteiger partial charge in [-0.1, -0.05) is 0 Å². The molecule has 3 aliphatic heterocycles. The van der Waals surface area contributed by atoms with Crippen molar-refractivity contribution < 1.29 is 13.9 Å². The second-order valence-electron chi connectivity index (χ2n) is 6.73. The van der Waals surface area contributed by atoms with E-state index in [0.29, 0.717) is 6.04 Å². The standard InChI is InChI=1S/C17H24N2O3/c20-17(18-7-1-2-8-18)16-4-3-14-15(22-16)5-9-19(14)11-13-6-10-21-12-13/h6,10,12,14-16H,1-5,7-9,11H2/t14-,15-,16-/m1/s1. The van der Waals surface area contributed by atoms with Gasteiger partial charge in [0.15, 0.2) is 0 Å². The van der Waals surface area contributed by atoms with Crippen LogP contribution in [0.1, 0.15) is 37.7 Å². The number of hydrogen-bond donors (Lipinski definition) is 0. The van der Waals surface area contributed by atoms with E-state index in [1.165, 1.54) is 5.56 Å². The van der Waals surface area contributed by atoms with Crippen LogP contribution in [0.4, 0.5) is 0 Å². The summed E-state index contributed by atoms with van der Waals surface area (Å²) in [5, 5.41) is 0. The van der Waals surface area contributed by atoms with Crippen LogP contribution in [0.5, 0.6) is 0 Å². The minimum atomic E-state index is -0.201. The van der Waals surface area contributed by atoms with Crippen LogP contribution in [-0.2, 0) is 16.1 Å². The highest BCUT2D eigenvalue weighted by molar-refractivity contribution is 5.81. The topological polar surface area (TPSA) is 45.9 Å². The number of nitrogens with zero attached hydrogens (tertiary/aromatic N) is 2. The molecule has 1 aromatic heterocycles. The zero-order valence-corrected chi connectivity index (χ0v) is 12.9. The van der Waals surface area contributed by atoms with Crippen LogP contribution in [0.15, 0.2) is 23.0 Å². The lowest BCUT2D eigenvalue weighted by Gasteiger charge is -2.36. The van der Waals surface area contributed by atoms with Crippen LogP contribution in [-0.4, -0.2) is 53.6 Å². The molecule has 4 heterocycles.